The van der Waals surface area contributed by atoms with E-state index in [9.17, 15) is 46.1 Å². The highest BCUT2D eigenvalue weighted by atomic mass is 19.4. The number of rotatable bonds is 4. The fraction of sp³-hybridized carbons (Fsp3) is 0.524. The molecule has 40 heavy (non-hydrogen) atoms. The molecule has 4 atom stereocenters. The summed E-state index contributed by atoms with van der Waals surface area (Å²) in [5.74, 6) is -6.53. The highest BCUT2D eigenvalue weighted by molar-refractivity contribution is 5.92. The Bertz CT molecular complexity index is 1290. The molecule has 4 saturated heterocycles. The van der Waals surface area contributed by atoms with E-state index in [1.807, 2.05) is 0 Å². The summed E-state index contributed by atoms with van der Waals surface area (Å²) >= 11 is 0. The van der Waals surface area contributed by atoms with Gasteiger partial charge in [0, 0.05) is 0 Å². The number of benzene rings is 1. The van der Waals surface area contributed by atoms with Crippen LogP contribution in [0.2, 0.25) is 0 Å². The van der Waals surface area contributed by atoms with Crippen LogP contribution >= 0.6 is 0 Å². The van der Waals surface area contributed by atoms with Crippen LogP contribution < -0.4 is 16.0 Å². The standard InChI is InChI=1S/C21H21F6N7O6/c22-20(23,24)8-1-2-10(21(25,26)27)9(5-8)15(36)40-12-7-33-17(29)30-11(6-34-13(35)3-4-39-34)14-18(33,19(12,37)38)32-16(28)31-14/h1-2,5,11-12,14,37-38H,3-4,6-7H2,(H2,29,30)(H3,28,31,32)/t11?,12-,14?,18?/m0/s1. The van der Waals surface area contributed by atoms with Crippen LogP contribution in [-0.4, -0.2) is 93.3 Å². The molecule has 0 saturated carbocycles. The molecule has 13 nitrogen and oxygen atoms in total. The predicted octanol–water partition coefficient (Wildman–Crippen LogP) is -0.491. The lowest BCUT2D eigenvalue weighted by Gasteiger charge is -2.51. The molecular weight excluding hydrogens is 560 g/mol. The first-order valence-corrected chi connectivity index (χ1v) is 11.6. The summed E-state index contributed by atoms with van der Waals surface area (Å²) in [4.78, 5) is 31.1. The topological polar surface area (TPSA) is 183 Å². The maximum Gasteiger partial charge on any atom is 0.417 e. The minimum absolute atomic E-state index is 0.0529. The third-order valence-corrected chi connectivity index (χ3v) is 7.17. The number of hydrogen-bond acceptors (Lipinski definition) is 8. The summed E-state index contributed by atoms with van der Waals surface area (Å²) in [7, 11) is 0. The van der Waals surface area contributed by atoms with Crippen molar-refractivity contribution in [3.05, 3.63) is 34.9 Å². The van der Waals surface area contributed by atoms with E-state index in [1.165, 1.54) is 0 Å². The molecule has 0 bridgehead atoms. The molecule has 0 radical (unpaired) electrons. The molecule has 1 aromatic rings. The van der Waals surface area contributed by atoms with Crippen molar-refractivity contribution in [3.8, 4) is 0 Å². The molecule has 4 fully saturated rings. The van der Waals surface area contributed by atoms with Crippen molar-refractivity contribution in [2.45, 2.75) is 48.4 Å². The molecule has 4 aliphatic rings. The number of halogens is 6. The second-order valence-electron chi connectivity index (χ2n) is 9.51. The normalized spacial score (nSPS) is 29.5. The number of carbonyl (C=O) groups is 2. The zero-order valence-electron chi connectivity index (χ0n) is 20.0. The van der Waals surface area contributed by atoms with Crippen LogP contribution in [-0.2, 0) is 26.7 Å². The molecule has 0 aliphatic carbocycles. The quantitative estimate of drug-likeness (QED) is 0.139. The fourth-order valence-corrected chi connectivity index (χ4v) is 5.37. The van der Waals surface area contributed by atoms with Crippen LogP contribution in [0.4, 0.5) is 26.3 Å². The number of amides is 1. The maximum atomic E-state index is 13.5. The number of nitrogens with one attached hydrogen (secondary N) is 5. The fourth-order valence-electron chi connectivity index (χ4n) is 5.37. The van der Waals surface area contributed by atoms with Gasteiger partial charge in [0.1, 0.15) is 0 Å². The molecule has 4 aliphatic heterocycles. The van der Waals surface area contributed by atoms with Crippen LogP contribution in [0.1, 0.15) is 27.9 Å². The third-order valence-electron chi connectivity index (χ3n) is 7.17. The summed E-state index contributed by atoms with van der Waals surface area (Å²) in [6.45, 7) is -0.873. The second kappa shape index (κ2) is 8.83. The van der Waals surface area contributed by atoms with Crippen molar-refractivity contribution in [1.82, 2.24) is 25.9 Å². The lowest BCUT2D eigenvalue weighted by atomic mass is 9.85. The van der Waals surface area contributed by atoms with Crippen LogP contribution in [0.15, 0.2) is 18.2 Å². The lowest BCUT2D eigenvalue weighted by molar-refractivity contribution is -0.258. The Hall–Kier alpha value is -3.84. The van der Waals surface area contributed by atoms with E-state index in [4.69, 9.17) is 20.4 Å². The summed E-state index contributed by atoms with van der Waals surface area (Å²) < 4.78 is 85.2. The number of carbonyl (C=O) groups excluding carboxylic acids is 2. The van der Waals surface area contributed by atoms with E-state index in [1.54, 1.807) is 0 Å². The Balaban J connectivity index is 1.48. The first-order valence-electron chi connectivity index (χ1n) is 11.6. The minimum atomic E-state index is -5.26. The van der Waals surface area contributed by atoms with Gasteiger partial charge in [-0.1, -0.05) is 0 Å². The zero-order chi connectivity index (χ0) is 29.4. The maximum absolute atomic E-state index is 13.5. The molecule has 218 valence electrons. The van der Waals surface area contributed by atoms with E-state index in [-0.39, 0.29) is 37.8 Å². The van der Waals surface area contributed by atoms with Gasteiger partial charge in [-0.25, -0.2) is 9.86 Å². The summed E-state index contributed by atoms with van der Waals surface area (Å²) in [6, 6.07) is -2.09. The number of guanidine groups is 2. The molecule has 3 unspecified atom stereocenters. The summed E-state index contributed by atoms with van der Waals surface area (Å²) in [5.41, 5.74) is -7.06. The lowest BCUT2D eigenvalue weighted by Crippen LogP contribution is -2.81. The average molecular weight is 581 g/mol. The zero-order valence-corrected chi connectivity index (χ0v) is 20.0. The van der Waals surface area contributed by atoms with Gasteiger partial charge in [0.15, 0.2) is 23.7 Å². The van der Waals surface area contributed by atoms with Crippen LogP contribution in [0.5, 0.6) is 0 Å². The Morgan fingerprint density at radius 1 is 1.15 bits per heavy atom. The number of nitrogens with zero attached hydrogens (tertiary/aromatic N) is 2. The monoisotopic (exact) mass is 581 g/mol. The van der Waals surface area contributed by atoms with Gasteiger partial charge in [0.05, 0.1) is 54.9 Å². The van der Waals surface area contributed by atoms with E-state index in [0.29, 0.717) is 0 Å². The molecule has 1 aromatic carbocycles. The van der Waals surface area contributed by atoms with Gasteiger partial charge in [-0.2, -0.15) is 26.3 Å². The van der Waals surface area contributed by atoms with Crippen molar-refractivity contribution >= 4 is 23.8 Å². The SMILES string of the molecule is N=C1NC2C(CN3OCCC3=O)NC(=N)N3C[C@H](OC(=O)c4cc(C(F)(F)F)ccc4C(F)(F)F)C(O)(O)C23N1. The number of ether oxygens (including phenoxy) is 1. The van der Waals surface area contributed by atoms with Crippen molar-refractivity contribution in [2.75, 3.05) is 19.7 Å². The second-order valence-corrected chi connectivity index (χ2v) is 9.51. The highest BCUT2D eigenvalue weighted by Crippen LogP contribution is 2.45. The molecule has 4 heterocycles. The predicted molar refractivity (Wildman–Crippen MR) is 117 cm³/mol. The van der Waals surface area contributed by atoms with Gasteiger partial charge in [-0.05, 0) is 18.2 Å². The van der Waals surface area contributed by atoms with E-state index >= 15 is 0 Å². The van der Waals surface area contributed by atoms with Gasteiger partial charge in [-0.15, -0.1) is 0 Å². The van der Waals surface area contributed by atoms with Gasteiger partial charge >= 0.3 is 18.3 Å². The van der Waals surface area contributed by atoms with Gasteiger partial charge in [0.25, 0.3) is 0 Å². The minimum Gasteiger partial charge on any atom is -0.451 e. The highest BCUT2D eigenvalue weighted by Gasteiger charge is 2.75. The molecule has 0 aromatic heterocycles. The summed E-state index contributed by atoms with van der Waals surface area (Å²) in [6.07, 6.45) is -12.4. The van der Waals surface area contributed by atoms with Crippen molar-refractivity contribution in [2.24, 2.45) is 0 Å². The number of esters is 1. The molecule has 1 spiro atoms. The van der Waals surface area contributed by atoms with Gasteiger partial charge in [-0.3, -0.25) is 20.5 Å². The van der Waals surface area contributed by atoms with Crippen LogP contribution in [0, 0.1) is 10.8 Å². The Morgan fingerprint density at radius 2 is 1.85 bits per heavy atom. The molecule has 5 rings (SSSR count). The van der Waals surface area contributed by atoms with E-state index < -0.39 is 89.0 Å². The molecule has 19 heteroatoms. The van der Waals surface area contributed by atoms with E-state index in [2.05, 4.69) is 16.0 Å². The number of aliphatic hydroxyl groups is 2. The Labute approximate surface area is 220 Å². The molecule has 7 N–H and O–H groups in total. The third kappa shape index (κ3) is 4.15. The van der Waals surface area contributed by atoms with Crippen molar-refractivity contribution < 1.29 is 55.7 Å². The van der Waals surface area contributed by atoms with Crippen LogP contribution in [0.25, 0.3) is 0 Å². The first-order chi connectivity index (χ1) is 18.5. The number of hydroxylamine groups is 2. The van der Waals surface area contributed by atoms with Gasteiger partial charge < -0.3 is 35.8 Å². The summed E-state index contributed by atoms with van der Waals surface area (Å²) in [5, 5.41) is 47.8. The first kappa shape index (κ1) is 27.7. The van der Waals surface area contributed by atoms with Gasteiger partial charge in [0.2, 0.25) is 11.7 Å². The number of alkyl halides is 6. The van der Waals surface area contributed by atoms with Crippen LogP contribution in [0.3, 0.4) is 0 Å². The molecular formula is C21H21F6N7O6. The van der Waals surface area contributed by atoms with Crippen molar-refractivity contribution in [3.63, 3.8) is 0 Å². The smallest absolute Gasteiger partial charge is 0.417 e. The molecule has 1 amide bonds. The largest absolute Gasteiger partial charge is 0.451 e. The Kier molecular flexibility index (Phi) is 6.12. The average Bonchev–Trinajstić information content (AvgIpc) is 3.47. The van der Waals surface area contributed by atoms with E-state index in [0.717, 1.165) is 9.96 Å². The Morgan fingerprint density at radius 3 is 2.45 bits per heavy atom. The number of hydrogen-bond donors (Lipinski definition) is 7. The van der Waals surface area contributed by atoms with Crippen molar-refractivity contribution in [1.29, 1.82) is 10.8 Å².